The lowest BCUT2D eigenvalue weighted by Crippen LogP contribution is -2.37. The average molecular weight is 484 g/mol. The minimum absolute atomic E-state index is 0.0150. The van der Waals surface area contributed by atoms with Crippen LogP contribution in [-0.4, -0.2) is 68.6 Å². The molecule has 1 aromatic carbocycles. The van der Waals surface area contributed by atoms with Crippen molar-refractivity contribution in [1.82, 2.24) is 9.21 Å². The molecule has 3 rings (SSSR count). The molecule has 172 valence electrons. The number of nitrogens with zero attached hydrogens (tertiary/aromatic N) is 2. The zero-order valence-corrected chi connectivity index (χ0v) is 19.0. The fourth-order valence-corrected chi connectivity index (χ4v) is 4.91. The summed E-state index contributed by atoms with van der Waals surface area (Å²) in [4.78, 5) is 49.7. The molecular weight excluding hydrogens is 462 g/mol. The normalized spacial score (nSPS) is 20.4. The Hall–Kier alpha value is -2.76. The van der Waals surface area contributed by atoms with E-state index in [1.807, 2.05) is 12.2 Å². The number of allylic oxidation sites excluding steroid dienone is 2. The summed E-state index contributed by atoms with van der Waals surface area (Å²) in [7, 11) is -1.14. The van der Waals surface area contributed by atoms with Gasteiger partial charge in [-0.25, -0.2) is 12.7 Å². The smallest absolute Gasteiger partial charge is 0.326 e. The van der Waals surface area contributed by atoms with E-state index in [9.17, 15) is 27.6 Å². The summed E-state index contributed by atoms with van der Waals surface area (Å²) < 4.78 is 30.5. The second-order valence-electron chi connectivity index (χ2n) is 7.56. The van der Waals surface area contributed by atoms with Gasteiger partial charge in [0.15, 0.2) is 6.61 Å². The number of carbonyl (C=O) groups excluding carboxylic acids is 4. The third-order valence-corrected chi connectivity index (χ3v) is 7.52. The van der Waals surface area contributed by atoms with E-state index in [0.717, 1.165) is 9.21 Å². The first kappa shape index (κ1) is 23.9. The van der Waals surface area contributed by atoms with Gasteiger partial charge in [-0.05, 0) is 31.0 Å². The SMILES string of the molecule is CN(C)S(=O)(=O)c1cc(NC(=O)COC(=O)CN2C(=O)C3CC=CCC3C2=O)ccc1Cl. The highest BCUT2D eigenvalue weighted by Gasteiger charge is 2.47. The first-order valence-electron chi connectivity index (χ1n) is 9.70. The van der Waals surface area contributed by atoms with Crippen LogP contribution in [0.15, 0.2) is 35.2 Å². The predicted octanol–water partition coefficient (Wildman–Crippen LogP) is 1.02. The van der Waals surface area contributed by atoms with E-state index in [1.54, 1.807) is 0 Å². The van der Waals surface area contributed by atoms with Gasteiger partial charge >= 0.3 is 5.97 Å². The molecular formula is C20H22ClN3O7S. The molecule has 2 atom stereocenters. The van der Waals surface area contributed by atoms with Crippen LogP contribution >= 0.6 is 11.6 Å². The number of ether oxygens (including phenoxy) is 1. The minimum atomic E-state index is -3.83. The molecule has 0 saturated carbocycles. The molecule has 1 aliphatic carbocycles. The van der Waals surface area contributed by atoms with Crippen molar-refractivity contribution < 1.29 is 32.3 Å². The number of fused-ring (bicyclic) bond motifs is 1. The second kappa shape index (κ2) is 9.39. The highest BCUT2D eigenvalue weighted by atomic mass is 35.5. The first-order chi connectivity index (χ1) is 15.0. The van der Waals surface area contributed by atoms with E-state index in [0.29, 0.717) is 12.8 Å². The number of hydrogen-bond donors (Lipinski definition) is 1. The average Bonchev–Trinajstić information content (AvgIpc) is 2.98. The lowest BCUT2D eigenvalue weighted by molar-refractivity contribution is -0.154. The maximum atomic E-state index is 12.4. The van der Waals surface area contributed by atoms with Crippen LogP contribution < -0.4 is 5.32 Å². The number of rotatable bonds is 7. The number of nitrogens with one attached hydrogen (secondary N) is 1. The Morgan fingerprint density at radius 3 is 2.31 bits per heavy atom. The molecule has 0 aromatic heterocycles. The van der Waals surface area contributed by atoms with E-state index in [4.69, 9.17) is 16.3 Å². The molecule has 1 heterocycles. The monoisotopic (exact) mass is 483 g/mol. The lowest BCUT2D eigenvalue weighted by Gasteiger charge is -2.15. The van der Waals surface area contributed by atoms with Crippen LogP contribution in [0.2, 0.25) is 5.02 Å². The summed E-state index contributed by atoms with van der Waals surface area (Å²) in [5, 5.41) is 2.40. The minimum Gasteiger partial charge on any atom is -0.454 e. The second-order valence-corrected chi connectivity index (χ2v) is 10.1. The fourth-order valence-electron chi connectivity index (χ4n) is 3.52. The van der Waals surface area contributed by atoms with Crippen molar-refractivity contribution in [2.45, 2.75) is 17.7 Å². The number of carbonyl (C=O) groups is 4. The van der Waals surface area contributed by atoms with Crippen molar-refractivity contribution in [3.05, 3.63) is 35.4 Å². The summed E-state index contributed by atoms with van der Waals surface area (Å²) in [6, 6.07) is 3.90. The molecule has 1 aromatic rings. The summed E-state index contributed by atoms with van der Waals surface area (Å²) >= 11 is 5.96. The number of halogens is 1. The topological polar surface area (TPSA) is 130 Å². The standard InChI is InChI=1S/C20H22ClN3O7S/c1-23(2)32(29,30)16-9-12(7-8-15(16)21)22-17(25)11-31-18(26)10-24-19(27)13-5-3-4-6-14(13)20(24)28/h3-4,7-9,13-14H,5-6,10-11H2,1-2H3,(H,22,25). The third kappa shape index (κ3) is 4.84. The van der Waals surface area contributed by atoms with E-state index >= 15 is 0 Å². The highest BCUT2D eigenvalue weighted by molar-refractivity contribution is 7.89. The molecule has 1 N–H and O–H groups in total. The van der Waals surface area contributed by atoms with Gasteiger partial charge in [-0.1, -0.05) is 23.8 Å². The first-order valence-corrected chi connectivity index (χ1v) is 11.5. The fraction of sp³-hybridized carbons (Fsp3) is 0.400. The zero-order chi connectivity index (χ0) is 23.6. The van der Waals surface area contributed by atoms with Gasteiger partial charge in [-0.3, -0.25) is 24.1 Å². The largest absolute Gasteiger partial charge is 0.454 e. The van der Waals surface area contributed by atoms with Crippen LogP contribution in [0.5, 0.6) is 0 Å². The number of sulfonamides is 1. The molecule has 3 amide bonds. The number of likely N-dealkylation sites (tertiary alicyclic amines) is 1. The van der Waals surface area contributed by atoms with Crippen LogP contribution in [-0.2, 0) is 33.9 Å². The van der Waals surface area contributed by atoms with Crippen molar-refractivity contribution >= 4 is 51.0 Å². The van der Waals surface area contributed by atoms with Gasteiger partial charge in [0.1, 0.15) is 11.4 Å². The van der Waals surface area contributed by atoms with Crippen LogP contribution in [0.1, 0.15) is 12.8 Å². The van der Waals surface area contributed by atoms with Crippen molar-refractivity contribution in [2.24, 2.45) is 11.8 Å². The Bertz CT molecular complexity index is 1070. The summed E-state index contributed by atoms with van der Waals surface area (Å²) in [6.07, 6.45) is 4.58. The third-order valence-electron chi connectivity index (χ3n) is 5.22. The molecule has 1 fully saturated rings. The lowest BCUT2D eigenvalue weighted by atomic mass is 9.85. The van der Waals surface area contributed by atoms with E-state index in [-0.39, 0.29) is 15.6 Å². The highest BCUT2D eigenvalue weighted by Crippen LogP contribution is 2.34. The van der Waals surface area contributed by atoms with Gasteiger partial charge in [0, 0.05) is 19.8 Å². The summed E-state index contributed by atoms with van der Waals surface area (Å²) in [5.74, 6) is -3.38. The predicted molar refractivity (Wildman–Crippen MR) is 114 cm³/mol. The van der Waals surface area contributed by atoms with Crippen molar-refractivity contribution in [3.63, 3.8) is 0 Å². The Morgan fingerprint density at radius 2 is 1.75 bits per heavy atom. The van der Waals surface area contributed by atoms with Gasteiger partial charge in [0.25, 0.3) is 5.91 Å². The molecule has 12 heteroatoms. The number of imide groups is 1. The molecule has 32 heavy (non-hydrogen) atoms. The van der Waals surface area contributed by atoms with E-state index in [2.05, 4.69) is 5.32 Å². The summed E-state index contributed by atoms with van der Waals surface area (Å²) in [5.41, 5.74) is 0.136. The van der Waals surface area contributed by atoms with Crippen LogP contribution in [0.4, 0.5) is 5.69 Å². The molecule has 0 spiro atoms. The number of amides is 3. The molecule has 0 radical (unpaired) electrons. The van der Waals surface area contributed by atoms with E-state index in [1.165, 1.54) is 32.3 Å². The van der Waals surface area contributed by atoms with Gasteiger partial charge in [-0.2, -0.15) is 0 Å². The molecule has 2 unspecified atom stereocenters. The Kier molecular flexibility index (Phi) is 7.01. The van der Waals surface area contributed by atoms with Gasteiger partial charge in [0.05, 0.1) is 16.9 Å². The van der Waals surface area contributed by atoms with Crippen LogP contribution in [0, 0.1) is 11.8 Å². The number of esters is 1. The van der Waals surface area contributed by atoms with Crippen molar-refractivity contribution in [1.29, 1.82) is 0 Å². The molecule has 1 saturated heterocycles. The molecule has 10 nitrogen and oxygen atoms in total. The van der Waals surface area contributed by atoms with Gasteiger partial charge in [0.2, 0.25) is 21.8 Å². The van der Waals surface area contributed by atoms with Gasteiger partial charge < -0.3 is 10.1 Å². The number of anilines is 1. The van der Waals surface area contributed by atoms with Crippen molar-refractivity contribution in [2.75, 3.05) is 32.6 Å². The number of benzene rings is 1. The molecule has 0 bridgehead atoms. The van der Waals surface area contributed by atoms with E-state index < -0.39 is 58.7 Å². The number of hydrogen-bond acceptors (Lipinski definition) is 7. The Balaban J connectivity index is 1.56. The summed E-state index contributed by atoms with van der Waals surface area (Å²) in [6.45, 7) is -1.24. The zero-order valence-electron chi connectivity index (χ0n) is 17.4. The van der Waals surface area contributed by atoms with Gasteiger partial charge in [-0.15, -0.1) is 0 Å². The quantitative estimate of drug-likeness (QED) is 0.348. The van der Waals surface area contributed by atoms with Crippen molar-refractivity contribution in [3.8, 4) is 0 Å². The Morgan fingerprint density at radius 1 is 1.16 bits per heavy atom. The maximum Gasteiger partial charge on any atom is 0.326 e. The Labute approximate surface area is 190 Å². The van der Waals surface area contributed by atoms with Crippen LogP contribution in [0.3, 0.4) is 0 Å². The maximum absolute atomic E-state index is 12.4. The molecule has 2 aliphatic rings. The van der Waals surface area contributed by atoms with Crippen LogP contribution in [0.25, 0.3) is 0 Å². The molecule has 1 aliphatic heterocycles.